The number of rotatable bonds is 4. The predicted molar refractivity (Wildman–Crippen MR) is 87.2 cm³/mol. The Morgan fingerprint density at radius 2 is 1.62 bits per heavy atom. The van der Waals surface area contributed by atoms with Crippen molar-refractivity contribution in [3.63, 3.8) is 0 Å². The van der Waals surface area contributed by atoms with Gasteiger partial charge in [0.2, 0.25) is 10.0 Å². The lowest BCUT2D eigenvalue weighted by Gasteiger charge is -2.36. The minimum absolute atomic E-state index is 0.265. The van der Waals surface area contributed by atoms with Crippen LogP contribution in [0.25, 0.3) is 0 Å². The lowest BCUT2D eigenvalue weighted by atomic mass is 9.97. The standard InChI is InChI=1S/C16H23F2N3O2S/c17-14-2-1-3-15(18)16(14)24(22,23)21-10-8-20(9-11-21)12-13-4-6-19-7-5-13/h1-3,13,19H,4-12H2. The first kappa shape index (κ1) is 17.7. The van der Waals surface area contributed by atoms with Crippen molar-refractivity contribution in [3.05, 3.63) is 29.8 Å². The summed E-state index contributed by atoms with van der Waals surface area (Å²) in [5.74, 6) is -1.43. The Morgan fingerprint density at radius 3 is 2.21 bits per heavy atom. The molecule has 1 aromatic rings. The van der Waals surface area contributed by atoms with Gasteiger partial charge in [-0.2, -0.15) is 4.31 Å². The summed E-state index contributed by atoms with van der Waals surface area (Å²) >= 11 is 0. The molecular weight excluding hydrogens is 336 g/mol. The zero-order chi connectivity index (χ0) is 17.2. The first-order valence-corrected chi connectivity index (χ1v) is 9.80. The number of benzene rings is 1. The molecule has 0 aliphatic carbocycles. The van der Waals surface area contributed by atoms with Gasteiger partial charge in [0.15, 0.2) is 4.90 Å². The monoisotopic (exact) mass is 359 g/mol. The van der Waals surface area contributed by atoms with Crippen molar-refractivity contribution in [2.24, 2.45) is 5.92 Å². The van der Waals surface area contributed by atoms with E-state index in [2.05, 4.69) is 10.2 Å². The fourth-order valence-corrected chi connectivity index (χ4v) is 4.97. The number of halogens is 2. The average Bonchev–Trinajstić information content (AvgIpc) is 2.56. The van der Waals surface area contributed by atoms with Crippen molar-refractivity contribution in [1.29, 1.82) is 0 Å². The van der Waals surface area contributed by atoms with Crippen LogP contribution in [0.4, 0.5) is 8.78 Å². The quantitative estimate of drug-likeness (QED) is 0.880. The van der Waals surface area contributed by atoms with E-state index in [4.69, 9.17) is 0 Å². The van der Waals surface area contributed by atoms with Crippen LogP contribution in [0.3, 0.4) is 0 Å². The number of nitrogens with one attached hydrogen (secondary N) is 1. The van der Waals surface area contributed by atoms with Gasteiger partial charge in [-0.05, 0) is 44.0 Å². The van der Waals surface area contributed by atoms with Crippen molar-refractivity contribution >= 4 is 10.0 Å². The van der Waals surface area contributed by atoms with Gasteiger partial charge in [-0.15, -0.1) is 0 Å². The van der Waals surface area contributed by atoms with E-state index in [0.29, 0.717) is 19.0 Å². The highest BCUT2D eigenvalue weighted by atomic mass is 32.2. The van der Waals surface area contributed by atoms with Crippen LogP contribution < -0.4 is 5.32 Å². The Bertz CT molecular complexity index is 650. The van der Waals surface area contributed by atoms with Crippen LogP contribution >= 0.6 is 0 Å². The van der Waals surface area contributed by atoms with Crippen LogP contribution in [0, 0.1) is 17.6 Å². The van der Waals surface area contributed by atoms with Gasteiger partial charge >= 0.3 is 0 Å². The number of piperazine rings is 1. The summed E-state index contributed by atoms with van der Waals surface area (Å²) in [5.41, 5.74) is 0. The van der Waals surface area contributed by atoms with Crippen molar-refractivity contribution in [3.8, 4) is 0 Å². The Hall–Kier alpha value is -1.09. The van der Waals surface area contributed by atoms with E-state index in [1.165, 1.54) is 10.4 Å². The normalized spacial score (nSPS) is 21.9. The van der Waals surface area contributed by atoms with Gasteiger partial charge in [0.25, 0.3) is 0 Å². The van der Waals surface area contributed by atoms with Crippen molar-refractivity contribution in [1.82, 2.24) is 14.5 Å². The summed E-state index contributed by atoms with van der Waals surface area (Å²) in [5, 5.41) is 3.33. The second-order valence-electron chi connectivity index (χ2n) is 6.45. The first-order valence-electron chi connectivity index (χ1n) is 8.36. The van der Waals surface area contributed by atoms with Gasteiger partial charge in [0, 0.05) is 32.7 Å². The van der Waals surface area contributed by atoms with Crippen molar-refractivity contribution in [2.45, 2.75) is 17.7 Å². The summed E-state index contributed by atoms with van der Waals surface area (Å²) in [6, 6.07) is 3.12. The molecule has 2 aliphatic heterocycles. The molecule has 0 amide bonds. The lowest BCUT2D eigenvalue weighted by molar-refractivity contribution is 0.152. The van der Waals surface area contributed by atoms with E-state index in [1.54, 1.807) is 0 Å². The highest BCUT2D eigenvalue weighted by Crippen LogP contribution is 2.24. The third-order valence-corrected chi connectivity index (χ3v) is 6.77. The first-order chi connectivity index (χ1) is 11.5. The van der Waals surface area contributed by atoms with E-state index in [-0.39, 0.29) is 13.1 Å². The Balaban J connectivity index is 1.63. The second-order valence-corrected chi connectivity index (χ2v) is 8.32. The molecule has 0 spiro atoms. The maximum Gasteiger partial charge on any atom is 0.249 e. The topological polar surface area (TPSA) is 52.7 Å². The Morgan fingerprint density at radius 1 is 1.04 bits per heavy atom. The van der Waals surface area contributed by atoms with E-state index < -0.39 is 26.6 Å². The van der Waals surface area contributed by atoms with Crippen LogP contribution in [0.5, 0.6) is 0 Å². The van der Waals surface area contributed by atoms with E-state index in [1.807, 2.05) is 0 Å². The predicted octanol–water partition coefficient (Wildman–Crippen LogP) is 1.27. The number of hydrogen-bond donors (Lipinski definition) is 1. The van der Waals surface area contributed by atoms with Crippen LogP contribution in [0.1, 0.15) is 12.8 Å². The molecule has 2 saturated heterocycles. The van der Waals surface area contributed by atoms with Crippen LogP contribution in [-0.2, 0) is 10.0 Å². The summed E-state index contributed by atoms with van der Waals surface area (Å²) < 4.78 is 53.9. The molecule has 1 aromatic carbocycles. The van der Waals surface area contributed by atoms with Gasteiger partial charge < -0.3 is 10.2 Å². The molecule has 134 valence electrons. The summed E-state index contributed by atoms with van der Waals surface area (Å²) in [6.07, 6.45) is 2.28. The summed E-state index contributed by atoms with van der Waals surface area (Å²) in [4.78, 5) is 1.41. The van der Waals surface area contributed by atoms with Crippen LogP contribution in [0.15, 0.2) is 23.1 Å². The molecule has 1 N–H and O–H groups in total. The maximum absolute atomic E-state index is 13.8. The fourth-order valence-electron chi connectivity index (χ4n) is 3.44. The van der Waals surface area contributed by atoms with Gasteiger partial charge in [0.05, 0.1) is 0 Å². The highest BCUT2D eigenvalue weighted by molar-refractivity contribution is 7.89. The van der Waals surface area contributed by atoms with E-state index in [9.17, 15) is 17.2 Å². The lowest BCUT2D eigenvalue weighted by Crippen LogP contribution is -2.50. The molecule has 0 atom stereocenters. The second kappa shape index (κ2) is 7.43. The highest BCUT2D eigenvalue weighted by Gasteiger charge is 2.33. The minimum atomic E-state index is -4.13. The van der Waals surface area contributed by atoms with Gasteiger partial charge in [-0.1, -0.05) is 6.07 Å². The van der Waals surface area contributed by atoms with Crippen molar-refractivity contribution in [2.75, 3.05) is 45.8 Å². The fraction of sp³-hybridized carbons (Fsp3) is 0.625. The molecule has 5 nitrogen and oxygen atoms in total. The van der Waals surface area contributed by atoms with Crippen LogP contribution in [0.2, 0.25) is 0 Å². The van der Waals surface area contributed by atoms with Gasteiger partial charge in [-0.25, -0.2) is 17.2 Å². The summed E-state index contributed by atoms with van der Waals surface area (Å²) in [6.45, 7) is 4.75. The SMILES string of the molecule is O=S(=O)(c1c(F)cccc1F)N1CCN(CC2CCNCC2)CC1. The Kier molecular flexibility index (Phi) is 5.49. The number of nitrogens with zero attached hydrogens (tertiary/aromatic N) is 2. The molecule has 2 aliphatic rings. The smallest absolute Gasteiger partial charge is 0.249 e. The van der Waals surface area contributed by atoms with E-state index >= 15 is 0 Å². The third-order valence-electron chi connectivity index (χ3n) is 4.82. The molecule has 0 radical (unpaired) electrons. The molecule has 8 heteroatoms. The molecule has 0 unspecified atom stereocenters. The molecule has 2 heterocycles. The van der Waals surface area contributed by atoms with Crippen molar-refractivity contribution < 1.29 is 17.2 Å². The minimum Gasteiger partial charge on any atom is -0.317 e. The molecule has 0 saturated carbocycles. The molecule has 2 fully saturated rings. The summed E-state index contributed by atoms with van der Waals surface area (Å²) in [7, 11) is -4.13. The molecular formula is C16H23F2N3O2S. The number of hydrogen-bond acceptors (Lipinski definition) is 4. The number of piperidine rings is 1. The number of sulfonamides is 1. The molecule has 3 rings (SSSR count). The van der Waals surface area contributed by atoms with Gasteiger partial charge in [-0.3, -0.25) is 0 Å². The van der Waals surface area contributed by atoms with Crippen LogP contribution in [-0.4, -0.2) is 63.4 Å². The van der Waals surface area contributed by atoms with Gasteiger partial charge in [0.1, 0.15) is 11.6 Å². The molecule has 0 aromatic heterocycles. The molecule has 24 heavy (non-hydrogen) atoms. The molecule has 0 bridgehead atoms. The Labute approximate surface area is 141 Å². The third kappa shape index (κ3) is 3.77. The largest absolute Gasteiger partial charge is 0.317 e. The zero-order valence-electron chi connectivity index (χ0n) is 13.5. The maximum atomic E-state index is 13.8. The van der Waals surface area contributed by atoms with E-state index in [0.717, 1.165) is 44.6 Å². The average molecular weight is 359 g/mol. The zero-order valence-corrected chi connectivity index (χ0v) is 14.4.